The number of likely N-dealkylation sites (tertiary alicyclic amines) is 1. The number of aliphatic hydroxyl groups is 1. The molecule has 0 aromatic heterocycles. The molecule has 1 aliphatic heterocycles. The summed E-state index contributed by atoms with van der Waals surface area (Å²) in [5, 5.41) is 11.4. The van der Waals surface area contributed by atoms with Crippen LogP contribution in [0.5, 0.6) is 5.75 Å². The summed E-state index contributed by atoms with van der Waals surface area (Å²) in [5.74, 6) is -0.724. The van der Waals surface area contributed by atoms with Gasteiger partial charge in [0.25, 0.3) is 11.7 Å². The Morgan fingerprint density at radius 1 is 0.972 bits per heavy atom. The average Bonchev–Trinajstić information content (AvgIpc) is 3.13. The number of hydrogen-bond donors (Lipinski definition) is 1. The van der Waals surface area contributed by atoms with Gasteiger partial charge in [0.2, 0.25) is 0 Å². The van der Waals surface area contributed by atoms with Crippen LogP contribution in [0.1, 0.15) is 33.9 Å². The molecule has 6 nitrogen and oxygen atoms in total. The van der Waals surface area contributed by atoms with Gasteiger partial charge in [-0.3, -0.25) is 9.59 Å². The van der Waals surface area contributed by atoms with E-state index >= 15 is 0 Å². The van der Waals surface area contributed by atoms with Gasteiger partial charge in [0.05, 0.1) is 11.6 Å². The second-order valence-corrected chi connectivity index (χ2v) is 9.46. The number of aliphatic hydroxyl groups excluding tert-OH is 1. The van der Waals surface area contributed by atoms with Gasteiger partial charge in [-0.1, -0.05) is 60.2 Å². The summed E-state index contributed by atoms with van der Waals surface area (Å²) in [7, 11) is 3.83. The topological polar surface area (TPSA) is 70.1 Å². The van der Waals surface area contributed by atoms with Crippen molar-refractivity contribution in [2.24, 2.45) is 0 Å². The van der Waals surface area contributed by atoms with Crippen LogP contribution in [0.25, 0.3) is 5.76 Å². The Morgan fingerprint density at radius 3 is 2.33 bits per heavy atom. The Bertz CT molecular complexity index is 1280. The number of likely N-dealkylation sites (N-methyl/N-ethyl adjacent to an activating group) is 1. The maximum Gasteiger partial charge on any atom is 0.295 e. The van der Waals surface area contributed by atoms with E-state index in [2.05, 4.69) is 0 Å². The fraction of sp³-hybridized carbons (Fsp3) is 0.267. The van der Waals surface area contributed by atoms with Crippen molar-refractivity contribution in [3.05, 3.63) is 106 Å². The summed E-state index contributed by atoms with van der Waals surface area (Å²) >= 11 is 0. The van der Waals surface area contributed by atoms with Crippen LogP contribution >= 0.6 is 0 Å². The number of hydrogen-bond acceptors (Lipinski definition) is 5. The number of rotatable bonds is 8. The van der Waals surface area contributed by atoms with Crippen LogP contribution in [-0.4, -0.2) is 53.8 Å². The Labute approximate surface area is 212 Å². The second kappa shape index (κ2) is 10.8. The van der Waals surface area contributed by atoms with Crippen molar-refractivity contribution in [1.82, 2.24) is 9.80 Å². The maximum absolute atomic E-state index is 13.2. The minimum absolute atomic E-state index is 0.116. The van der Waals surface area contributed by atoms with E-state index in [0.29, 0.717) is 31.0 Å². The number of carbonyl (C=O) groups excluding carboxylic acids is 2. The Kier molecular flexibility index (Phi) is 7.55. The van der Waals surface area contributed by atoms with Crippen molar-refractivity contribution in [2.45, 2.75) is 26.5 Å². The highest BCUT2D eigenvalue weighted by Gasteiger charge is 2.46. The summed E-state index contributed by atoms with van der Waals surface area (Å²) < 4.78 is 5.91. The van der Waals surface area contributed by atoms with Crippen LogP contribution in [0.3, 0.4) is 0 Å². The Hall–Kier alpha value is -3.90. The normalized spacial score (nSPS) is 17.1. The highest BCUT2D eigenvalue weighted by atomic mass is 16.5. The zero-order valence-corrected chi connectivity index (χ0v) is 21.2. The van der Waals surface area contributed by atoms with E-state index in [-0.39, 0.29) is 11.3 Å². The number of Topliss-reactive ketones (excluding diaryl/α,β-unsaturated/α-hetero) is 1. The van der Waals surface area contributed by atoms with Crippen LogP contribution in [-0.2, 0) is 16.2 Å². The quantitative estimate of drug-likeness (QED) is 0.281. The van der Waals surface area contributed by atoms with Gasteiger partial charge in [-0.25, -0.2) is 0 Å². The summed E-state index contributed by atoms with van der Waals surface area (Å²) in [4.78, 5) is 29.9. The van der Waals surface area contributed by atoms with Crippen molar-refractivity contribution in [2.75, 3.05) is 27.2 Å². The first-order chi connectivity index (χ1) is 17.3. The molecule has 1 saturated heterocycles. The van der Waals surface area contributed by atoms with Gasteiger partial charge in [0.15, 0.2) is 0 Å². The van der Waals surface area contributed by atoms with E-state index in [1.807, 2.05) is 106 Å². The van der Waals surface area contributed by atoms with Gasteiger partial charge in [0.1, 0.15) is 18.1 Å². The maximum atomic E-state index is 13.2. The monoisotopic (exact) mass is 484 g/mol. The molecular formula is C30H32N2O4. The molecule has 0 saturated carbocycles. The number of carbonyl (C=O) groups is 2. The number of amides is 1. The third kappa shape index (κ3) is 5.34. The first kappa shape index (κ1) is 25.2. The number of benzene rings is 3. The van der Waals surface area contributed by atoms with E-state index < -0.39 is 17.7 Å². The van der Waals surface area contributed by atoms with Crippen LogP contribution in [0.2, 0.25) is 0 Å². The number of ketones is 1. The molecule has 1 N–H and O–H groups in total. The molecule has 4 rings (SSSR count). The third-order valence-corrected chi connectivity index (χ3v) is 6.42. The molecule has 1 fully saturated rings. The molecule has 3 aromatic rings. The molecule has 1 amide bonds. The van der Waals surface area contributed by atoms with E-state index in [0.717, 1.165) is 22.3 Å². The summed E-state index contributed by atoms with van der Waals surface area (Å²) in [6.45, 7) is 5.19. The lowest BCUT2D eigenvalue weighted by Gasteiger charge is -2.27. The van der Waals surface area contributed by atoms with Gasteiger partial charge < -0.3 is 19.6 Å². The van der Waals surface area contributed by atoms with E-state index in [4.69, 9.17) is 4.74 Å². The van der Waals surface area contributed by atoms with E-state index in [1.54, 1.807) is 4.90 Å². The lowest BCUT2D eigenvalue weighted by atomic mass is 9.93. The van der Waals surface area contributed by atoms with E-state index in [1.165, 1.54) is 0 Å². The second-order valence-electron chi connectivity index (χ2n) is 9.46. The van der Waals surface area contributed by atoms with Crippen molar-refractivity contribution in [3.63, 3.8) is 0 Å². The van der Waals surface area contributed by atoms with Crippen LogP contribution < -0.4 is 4.74 Å². The fourth-order valence-electron chi connectivity index (χ4n) is 4.39. The van der Waals surface area contributed by atoms with Crippen molar-refractivity contribution in [3.8, 4) is 5.75 Å². The largest absolute Gasteiger partial charge is 0.507 e. The van der Waals surface area contributed by atoms with Crippen molar-refractivity contribution in [1.29, 1.82) is 0 Å². The molecule has 0 aliphatic carbocycles. The van der Waals surface area contributed by atoms with Crippen LogP contribution in [0.15, 0.2) is 78.4 Å². The minimum atomic E-state index is -0.687. The summed E-state index contributed by atoms with van der Waals surface area (Å²) in [6, 6.07) is 22.3. The predicted octanol–water partition coefficient (Wildman–Crippen LogP) is 4.87. The molecule has 3 aromatic carbocycles. The van der Waals surface area contributed by atoms with Crippen LogP contribution in [0.4, 0.5) is 0 Å². The van der Waals surface area contributed by atoms with Gasteiger partial charge in [0, 0.05) is 18.7 Å². The first-order valence-electron chi connectivity index (χ1n) is 12.0. The highest BCUT2D eigenvalue weighted by Crippen LogP contribution is 2.40. The fourth-order valence-corrected chi connectivity index (χ4v) is 4.39. The lowest BCUT2D eigenvalue weighted by molar-refractivity contribution is -0.140. The van der Waals surface area contributed by atoms with Crippen LogP contribution in [0, 0.1) is 13.8 Å². The van der Waals surface area contributed by atoms with E-state index in [9.17, 15) is 14.7 Å². The molecule has 1 unspecified atom stereocenters. The Balaban J connectivity index is 1.71. The number of nitrogens with zero attached hydrogens (tertiary/aromatic N) is 2. The van der Waals surface area contributed by atoms with Gasteiger partial charge >= 0.3 is 0 Å². The summed E-state index contributed by atoms with van der Waals surface area (Å²) in [5.41, 5.74) is 4.28. The average molecular weight is 485 g/mol. The van der Waals surface area contributed by atoms with Crippen molar-refractivity contribution < 1.29 is 19.4 Å². The van der Waals surface area contributed by atoms with Crippen molar-refractivity contribution >= 4 is 17.4 Å². The minimum Gasteiger partial charge on any atom is -0.507 e. The number of aryl methyl sites for hydroxylation is 2. The molecule has 1 heterocycles. The molecular weight excluding hydrogens is 452 g/mol. The Morgan fingerprint density at radius 2 is 1.67 bits per heavy atom. The highest BCUT2D eigenvalue weighted by molar-refractivity contribution is 6.46. The smallest absolute Gasteiger partial charge is 0.295 e. The molecule has 0 spiro atoms. The van der Waals surface area contributed by atoms with Gasteiger partial charge in [-0.15, -0.1) is 0 Å². The molecule has 36 heavy (non-hydrogen) atoms. The molecule has 186 valence electrons. The SMILES string of the molecule is Cc1ccc(C)c(/C(O)=C2\C(=O)C(=O)N(CCN(C)C)C2c2ccc(OCc3ccccc3)cc2)c1. The molecule has 6 heteroatoms. The molecule has 0 radical (unpaired) electrons. The summed E-state index contributed by atoms with van der Waals surface area (Å²) in [6.07, 6.45) is 0. The molecule has 1 aliphatic rings. The third-order valence-electron chi connectivity index (χ3n) is 6.42. The standard InChI is InChI=1S/C30H32N2O4/c1-20-10-11-21(2)25(18-20)28(33)26-27(32(17-16-31(3)4)30(35)29(26)34)23-12-14-24(15-13-23)36-19-22-8-6-5-7-9-22/h5-15,18,27,33H,16-17,19H2,1-4H3/b28-26+. The lowest BCUT2D eigenvalue weighted by Crippen LogP contribution is -2.35. The molecule has 1 atom stereocenters. The number of ether oxygens (including phenoxy) is 1. The predicted molar refractivity (Wildman–Crippen MR) is 141 cm³/mol. The van der Waals surface area contributed by atoms with Gasteiger partial charge in [-0.2, -0.15) is 0 Å². The zero-order chi connectivity index (χ0) is 25.8. The molecule has 0 bridgehead atoms. The first-order valence-corrected chi connectivity index (χ1v) is 12.0. The zero-order valence-electron chi connectivity index (χ0n) is 21.2. The van der Waals surface area contributed by atoms with Gasteiger partial charge in [-0.05, 0) is 62.8 Å².